The predicted molar refractivity (Wildman–Crippen MR) is 78.1 cm³/mol. The van der Waals surface area contributed by atoms with Crippen molar-refractivity contribution in [2.45, 2.75) is 65.8 Å². The van der Waals surface area contributed by atoms with Gasteiger partial charge in [-0.3, -0.25) is 14.4 Å². The molecular formula is C13H28O9. The molecule has 0 heterocycles. The Morgan fingerprint density at radius 2 is 0.864 bits per heavy atom. The molecule has 0 atom stereocenters. The highest BCUT2D eigenvalue weighted by Crippen LogP contribution is 2.01. The van der Waals surface area contributed by atoms with E-state index < -0.39 is 23.9 Å². The molecule has 6 N–H and O–H groups in total. The number of hydrogen-bond acceptors (Lipinski definition) is 6. The van der Waals surface area contributed by atoms with Crippen LogP contribution in [0.5, 0.6) is 0 Å². The first-order valence-corrected chi connectivity index (χ1v) is 6.70. The van der Waals surface area contributed by atoms with Crippen LogP contribution in [0.4, 0.5) is 0 Å². The molecule has 0 saturated heterocycles. The first-order chi connectivity index (χ1) is 9.87. The molecule has 0 fully saturated rings. The van der Waals surface area contributed by atoms with Crippen LogP contribution in [0.1, 0.15) is 59.8 Å². The van der Waals surface area contributed by atoms with Gasteiger partial charge in [0.05, 0.1) is 0 Å². The molecule has 0 aromatic heterocycles. The summed E-state index contributed by atoms with van der Waals surface area (Å²) in [6.07, 6.45) is 1.23. The third-order valence-corrected chi connectivity index (χ3v) is 1.49. The van der Waals surface area contributed by atoms with Gasteiger partial charge in [-0.1, -0.05) is 27.7 Å². The van der Waals surface area contributed by atoms with Crippen LogP contribution in [0, 0.1) is 0 Å². The van der Waals surface area contributed by atoms with E-state index in [4.69, 9.17) is 30.6 Å². The molecule has 0 spiro atoms. The highest BCUT2D eigenvalue weighted by atomic mass is 16.7. The third kappa shape index (κ3) is 79.6. The predicted octanol–water partition coefficient (Wildman–Crippen LogP) is 0.860. The summed E-state index contributed by atoms with van der Waals surface area (Å²) < 4.78 is 0. The molecule has 0 aliphatic carbocycles. The molecule has 0 amide bonds. The number of aliphatic hydroxyl groups is 3. The number of carboxylic acids is 3. The van der Waals surface area contributed by atoms with E-state index in [-0.39, 0.29) is 25.7 Å². The first-order valence-electron chi connectivity index (χ1n) is 6.70. The quantitative estimate of drug-likeness (QED) is 0.400. The highest BCUT2D eigenvalue weighted by Gasteiger charge is 2.14. The Bertz CT molecular complexity index is 248. The van der Waals surface area contributed by atoms with Crippen LogP contribution in [0.15, 0.2) is 0 Å². The monoisotopic (exact) mass is 328 g/mol. The minimum absolute atomic E-state index is 0.00694. The minimum Gasteiger partial charge on any atom is -0.481 e. The Balaban J connectivity index is -0.0000000995. The maximum atomic E-state index is 9.37. The Morgan fingerprint density at radius 1 is 0.682 bits per heavy atom. The topological polar surface area (TPSA) is 173 Å². The molecule has 0 radical (unpaired) electrons. The van der Waals surface area contributed by atoms with Gasteiger partial charge in [0, 0.05) is 25.7 Å². The summed E-state index contributed by atoms with van der Waals surface area (Å²) in [4.78, 5) is 28.1. The number of hydrogen-bond donors (Lipinski definition) is 6. The van der Waals surface area contributed by atoms with Gasteiger partial charge < -0.3 is 30.6 Å². The molecule has 0 aromatic rings. The molecule has 0 bridgehead atoms. The molecular weight excluding hydrogens is 300 g/mol. The molecule has 0 aliphatic rings. The van der Waals surface area contributed by atoms with E-state index in [2.05, 4.69) is 0 Å². The molecule has 22 heavy (non-hydrogen) atoms. The fourth-order valence-corrected chi connectivity index (χ4v) is 0.335. The lowest BCUT2D eigenvalue weighted by atomic mass is 10.3. The Morgan fingerprint density at radius 3 is 0.864 bits per heavy atom. The summed E-state index contributed by atoms with van der Waals surface area (Å²) in [6, 6.07) is 0. The lowest BCUT2D eigenvalue weighted by Gasteiger charge is -2.10. The van der Waals surface area contributed by atoms with Crippen LogP contribution in [0.3, 0.4) is 0 Å². The fourth-order valence-electron chi connectivity index (χ4n) is 0.335. The van der Waals surface area contributed by atoms with E-state index in [0.717, 1.165) is 0 Å². The second-order valence-electron chi connectivity index (χ2n) is 3.77. The van der Waals surface area contributed by atoms with E-state index in [1.807, 2.05) is 0 Å². The Hall–Kier alpha value is -1.71. The number of aliphatic carboxylic acids is 3. The average Bonchev–Trinajstić information content (AvgIpc) is 2.39. The zero-order valence-electron chi connectivity index (χ0n) is 13.4. The van der Waals surface area contributed by atoms with Crippen molar-refractivity contribution < 1.29 is 45.0 Å². The number of carbonyl (C=O) groups is 3. The van der Waals surface area contributed by atoms with Gasteiger partial charge in [-0.15, -0.1) is 0 Å². The van der Waals surface area contributed by atoms with Crippen LogP contribution in [0.25, 0.3) is 0 Å². The van der Waals surface area contributed by atoms with Crippen LogP contribution in [-0.4, -0.2) is 54.5 Å². The highest BCUT2D eigenvalue weighted by molar-refractivity contribution is 5.66. The first kappa shape index (κ1) is 28.5. The lowest BCUT2D eigenvalue weighted by Crippen LogP contribution is -2.26. The lowest BCUT2D eigenvalue weighted by molar-refractivity contribution is -0.314. The van der Waals surface area contributed by atoms with Gasteiger partial charge in [0.2, 0.25) is 0 Å². The van der Waals surface area contributed by atoms with Crippen molar-refractivity contribution in [1.82, 2.24) is 0 Å². The molecule has 0 aliphatic heterocycles. The van der Waals surface area contributed by atoms with Gasteiger partial charge in [0.15, 0.2) is 0 Å². The van der Waals surface area contributed by atoms with E-state index in [0.29, 0.717) is 6.42 Å². The SMILES string of the molecule is CCC(=O)O.CCC(=O)O.CCC(=O)O.CCCC(O)(O)O. The Labute approximate surface area is 129 Å². The summed E-state index contributed by atoms with van der Waals surface area (Å²) in [5, 5.41) is 47.6. The second kappa shape index (κ2) is 19.3. The number of rotatable bonds is 5. The summed E-state index contributed by atoms with van der Waals surface area (Å²) in [7, 11) is 0. The summed E-state index contributed by atoms with van der Waals surface area (Å²) in [5.41, 5.74) is 0. The molecule has 134 valence electrons. The van der Waals surface area contributed by atoms with Crippen molar-refractivity contribution in [3.8, 4) is 0 Å². The van der Waals surface area contributed by atoms with Crippen LogP contribution in [-0.2, 0) is 14.4 Å². The zero-order chi connectivity index (χ0) is 18.8. The van der Waals surface area contributed by atoms with Gasteiger partial charge in [0.1, 0.15) is 0 Å². The maximum absolute atomic E-state index is 9.37. The van der Waals surface area contributed by atoms with Gasteiger partial charge in [-0.2, -0.15) is 0 Å². The molecule has 9 nitrogen and oxygen atoms in total. The minimum atomic E-state index is -2.45. The van der Waals surface area contributed by atoms with Crippen LogP contribution in [0.2, 0.25) is 0 Å². The van der Waals surface area contributed by atoms with Crippen LogP contribution >= 0.6 is 0 Å². The maximum Gasteiger partial charge on any atom is 0.303 e. The molecule has 9 heteroatoms. The molecule has 0 rings (SSSR count). The Kier molecular flexibility index (Phi) is 24.9. The largest absolute Gasteiger partial charge is 0.481 e. The van der Waals surface area contributed by atoms with E-state index in [1.165, 1.54) is 0 Å². The standard InChI is InChI=1S/C4H10O3.3C3H6O2/c1-2-3-4(5,6)7;3*1-2-3(4)5/h5-7H,2-3H2,1H3;3*2H2,1H3,(H,4,5). The van der Waals surface area contributed by atoms with Crippen molar-refractivity contribution in [2.75, 3.05) is 0 Å². The summed E-state index contributed by atoms with van der Waals surface area (Å²) in [5.74, 6) is -4.69. The number of carboxylic acid groups (broad SMARTS) is 3. The van der Waals surface area contributed by atoms with Gasteiger partial charge >= 0.3 is 17.9 Å². The van der Waals surface area contributed by atoms with E-state index in [1.54, 1.807) is 27.7 Å². The smallest absolute Gasteiger partial charge is 0.303 e. The third-order valence-electron chi connectivity index (χ3n) is 1.49. The van der Waals surface area contributed by atoms with E-state index >= 15 is 0 Å². The van der Waals surface area contributed by atoms with Crippen LogP contribution < -0.4 is 0 Å². The van der Waals surface area contributed by atoms with Crippen molar-refractivity contribution in [1.29, 1.82) is 0 Å². The van der Waals surface area contributed by atoms with Crippen molar-refractivity contribution in [3.05, 3.63) is 0 Å². The van der Waals surface area contributed by atoms with Crippen molar-refractivity contribution in [2.24, 2.45) is 0 Å². The second-order valence-corrected chi connectivity index (χ2v) is 3.77. The summed E-state index contributed by atoms with van der Waals surface area (Å²) in [6.45, 7) is 6.55. The molecule has 0 saturated carbocycles. The molecule has 0 unspecified atom stereocenters. The normalized spacial score (nSPS) is 8.86. The summed E-state index contributed by atoms with van der Waals surface area (Å²) >= 11 is 0. The molecule has 0 aromatic carbocycles. The fraction of sp³-hybridized carbons (Fsp3) is 0.769. The average molecular weight is 328 g/mol. The van der Waals surface area contributed by atoms with Crippen molar-refractivity contribution >= 4 is 17.9 Å². The van der Waals surface area contributed by atoms with Crippen molar-refractivity contribution in [3.63, 3.8) is 0 Å². The van der Waals surface area contributed by atoms with Gasteiger partial charge in [-0.05, 0) is 6.42 Å². The van der Waals surface area contributed by atoms with Gasteiger partial charge in [0.25, 0.3) is 5.97 Å². The van der Waals surface area contributed by atoms with Gasteiger partial charge in [-0.25, -0.2) is 0 Å². The van der Waals surface area contributed by atoms with E-state index in [9.17, 15) is 14.4 Å². The zero-order valence-corrected chi connectivity index (χ0v) is 13.4.